The highest BCUT2D eigenvalue weighted by molar-refractivity contribution is 5.92. The lowest BCUT2D eigenvalue weighted by molar-refractivity contribution is -0.138. The number of benzene rings is 1. The number of nitrogens with zero attached hydrogens (tertiary/aromatic N) is 5. The van der Waals surface area contributed by atoms with Gasteiger partial charge in [-0.15, -0.1) is 0 Å². The lowest BCUT2D eigenvalue weighted by Gasteiger charge is -2.34. The normalized spacial score (nSPS) is 14.7. The number of hydrogen-bond donors (Lipinski definition) is 0. The fraction of sp³-hybridized carbons (Fsp3) is 0.333. The number of amides is 1. The standard InChI is InChI=1S/C24H24F3N5O3/c1-17-20(14-29-32(17)21-8-7-19(13-28-21)24(25,26)27)23(34)35-16-22(33)31-11-9-30(10-12-31)15-18-5-3-2-4-6-18/h2-8,13-14H,9-12,15-16H2,1H3. The van der Waals surface area contributed by atoms with E-state index in [0.717, 1.165) is 25.7 Å². The van der Waals surface area contributed by atoms with E-state index < -0.39 is 24.3 Å². The minimum atomic E-state index is -4.50. The Labute approximate surface area is 199 Å². The first-order valence-electron chi connectivity index (χ1n) is 11.0. The minimum absolute atomic E-state index is 0.104. The summed E-state index contributed by atoms with van der Waals surface area (Å²) < 4.78 is 44.7. The van der Waals surface area contributed by atoms with Crippen LogP contribution in [-0.4, -0.2) is 69.2 Å². The molecule has 0 atom stereocenters. The van der Waals surface area contributed by atoms with Crippen molar-refractivity contribution in [3.63, 3.8) is 0 Å². The average molecular weight is 487 g/mol. The van der Waals surface area contributed by atoms with Crippen molar-refractivity contribution < 1.29 is 27.5 Å². The number of carbonyl (C=O) groups is 2. The van der Waals surface area contributed by atoms with Crippen molar-refractivity contribution >= 4 is 11.9 Å². The molecule has 0 unspecified atom stereocenters. The van der Waals surface area contributed by atoms with E-state index in [2.05, 4.69) is 27.1 Å². The number of pyridine rings is 1. The van der Waals surface area contributed by atoms with Crippen molar-refractivity contribution in [2.45, 2.75) is 19.6 Å². The lowest BCUT2D eigenvalue weighted by atomic mass is 10.2. The maximum Gasteiger partial charge on any atom is 0.417 e. The van der Waals surface area contributed by atoms with Gasteiger partial charge in [0.25, 0.3) is 5.91 Å². The number of hydrogen-bond acceptors (Lipinski definition) is 6. The molecule has 1 saturated heterocycles. The molecule has 35 heavy (non-hydrogen) atoms. The zero-order valence-corrected chi connectivity index (χ0v) is 19.0. The highest BCUT2D eigenvalue weighted by Crippen LogP contribution is 2.28. The van der Waals surface area contributed by atoms with Crippen LogP contribution in [0.4, 0.5) is 13.2 Å². The van der Waals surface area contributed by atoms with Crippen LogP contribution >= 0.6 is 0 Å². The molecule has 8 nitrogen and oxygen atoms in total. The number of alkyl halides is 3. The molecule has 1 aromatic carbocycles. The van der Waals surface area contributed by atoms with Gasteiger partial charge in [0.05, 0.1) is 17.5 Å². The molecule has 1 aliphatic rings. The van der Waals surface area contributed by atoms with Crippen molar-refractivity contribution in [2.24, 2.45) is 0 Å². The molecule has 0 saturated carbocycles. The topological polar surface area (TPSA) is 80.6 Å². The highest BCUT2D eigenvalue weighted by Gasteiger charge is 2.31. The van der Waals surface area contributed by atoms with E-state index in [4.69, 9.17) is 4.74 Å². The molecule has 2 aromatic heterocycles. The number of piperazine rings is 1. The maximum atomic E-state index is 12.7. The van der Waals surface area contributed by atoms with Gasteiger partial charge in [-0.25, -0.2) is 14.5 Å². The second kappa shape index (κ2) is 10.3. The van der Waals surface area contributed by atoms with E-state index in [1.54, 1.807) is 11.8 Å². The Morgan fingerprint density at radius 2 is 1.71 bits per heavy atom. The monoisotopic (exact) mass is 487 g/mol. The molecule has 0 N–H and O–H groups in total. The molecule has 0 aliphatic carbocycles. The number of carbonyl (C=O) groups excluding carboxylic acids is 2. The van der Waals surface area contributed by atoms with Crippen LogP contribution < -0.4 is 0 Å². The zero-order valence-electron chi connectivity index (χ0n) is 19.0. The van der Waals surface area contributed by atoms with E-state index in [9.17, 15) is 22.8 Å². The van der Waals surface area contributed by atoms with Crippen molar-refractivity contribution in [3.05, 3.63) is 77.2 Å². The van der Waals surface area contributed by atoms with Gasteiger partial charge in [-0.3, -0.25) is 9.69 Å². The fourth-order valence-electron chi connectivity index (χ4n) is 3.81. The molecule has 1 aliphatic heterocycles. The molecular weight excluding hydrogens is 463 g/mol. The largest absolute Gasteiger partial charge is 0.452 e. The van der Waals surface area contributed by atoms with Crippen LogP contribution in [0.25, 0.3) is 5.82 Å². The van der Waals surface area contributed by atoms with Gasteiger partial charge >= 0.3 is 12.1 Å². The first-order chi connectivity index (χ1) is 16.7. The van der Waals surface area contributed by atoms with Gasteiger partial charge in [-0.1, -0.05) is 30.3 Å². The summed E-state index contributed by atoms with van der Waals surface area (Å²) in [5, 5.41) is 4.03. The highest BCUT2D eigenvalue weighted by atomic mass is 19.4. The SMILES string of the molecule is Cc1c(C(=O)OCC(=O)N2CCN(Cc3ccccc3)CC2)cnn1-c1ccc(C(F)(F)F)cn1. The summed E-state index contributed by atoms with van der Waals surface area (Å²) in [7, 11) is 0. The molecule has 0 bridgehead atoms. The van der Waals surface area contributed by atoms with Crippen molar-refractivity contribution in [2.75, 3.05) is 32.8 Å². The van der Waals surface area contributed by atoms with E-state index in [1.165, 1.54) is 22.5 Å². The quantitative estimate of drug-likeness (QED) is 0.497. The number of aromatic nitrogens is 3. The third-order valence-corrected chi connectivity index (χ3v) is 5.82. The molecule has 3 heterocycles. The number of ether oxygens (including phenoxy) is 1. The second-order valence-electron chi connectivity index (χ2n) is 8.18. The molecule has 11 heteroatoms. The van der Waals surface area contributed by atoms with Crippen LogP contribution in [0.15, 0.2) is 54.9 Å². The first-order valence-corrected chi connectivity index (χ1v) is 11.0. The molecular formula is C24H24F3N5O3. The van der Waals surface area contributed by atoms with E-state index in [-0.39, 0.29) is 17.3 Å². The summed E-state index contributed by atoms with van der Waals surface area (Å²) >= 11 is 0. The van der Waals surface area contributed by atoms with Crippen molar-refractivity contribution in [3.8, 4) is 5.82 Å². The summed E-state index contributed by atoms with van der Waals surface area (Å²) in [5.41, 5.74) is 0.769. The zero-order chi connectivity index (χ0) is 25.0. The molecule has 184 valence electrons. The van der Waals surface area contributed by atoms with Crippen LogP contribution in [0.1, 0.15) is 27.2 Å². The average Bonchev–Trinajstić information content (AvgIpc) is 3.24. The predicted molar refractivity (Wildman–Crippen MR) is 120 cm³/mol. The molecule has 1 fully saturated rings. The summed E-state index contributed by atoms with van der Waals surface area (Å²) in [4.78, 5) is 32.8. The third-order valence-electron chi connectivity index (χ3n) is 5.82. The third kappa shape index (κ3) is 5.86. The molecule has 0 radical (unpaired) electrons. The summed E-state index contributed by atoms with van der Waals surface area (Å²) in [6.45, 7) is 4.51. The Kier molecular flexibility index (Phi) is 7.15. The van der Waals surface area contributed by atoms with Gasteiger partial charge in [0, 0.05) is 38.9 Å². The van der Waals surface area contributed by atoms with Gasteiger partial charge in [-0.05, 0) is 24.6 Å². The Morgan fingerprint density at radius 1 is 1.00 bits per heavy atom. The molecule has 4 rings (SSSR count). The Balaban J connectivity index is 1.29. The van der Waals surface area contributed by atoms with Gasteiger partial charge in [0.1, 0.15) is 5.56 Å². The number of esters is 1. The van der Waals surface area contributed by atoms with Gasteiger partial charge in [0.15, 0.2) is 12.4 Å². The molecule has 0 spiro atoms. The van der Waals surface area contributed by atoms with Crippen LogP contribution in [0.2, 0.25) is 0 Å². The predicted octanol–water partition coefficient (Wildman–Crippen LogP) is 3.10. The van der Waals surface area contributed by atoms with Crippen molar-refractivity contribution in [1.82, 2.24) is 24.6 Å². The maximum absolute atomic E-state index is 12.7. The molecule has 1 amide bonds. The van der Waals surface area contributed by atoms with Crippen LogP contribution in [0, 0.1) is 6.92 Å². The van der Waals surface area contributed by atoms with E-state index in [1.807, 2.05) is 18.2 Å². The minimum Gasteiger partial charge on any atom is -0.452 e. The fourth-order valence-corrected chi connectivity index (χ4v) is 3.81. The van der Waals surface area contributed by atoms with Crippen LogP contribution in [-0.2, 0) is 22.3 Å². The van der Waals surface area contributed by atoms with Gasteiger partial charge in [-0.2, -0.15) is 18.3 Å². The Bertz CT molecular complexity index is 1170. The van der Waals surface area contributed by atoms with Crippen LogP contribution in [0.3, 0.4) is 0 Å². The van der Waals surface area contributed by atoms with E-state index >= 15 is 0 Å². The summed E-state index contributed by atoms with van der Waals surface area (Å²) in [6, 6.07) is 12.1. The number of halogens is 3. The number of rotatable bonds is 6. The summed E-state index contributed by atoms with van der Waals surface area (Å²) in [6.07, 6.45) is -2.56. The Morgan fingerprint density at radius 3 is 2.34 bits per heavy atom. The Hall–Kier alpha value is -3.73. The van der Waals surface area contributed by atoms with Gasteiger partial charge < -0.3 is 9.64 Å². The second-order valence-corrected chi connectivity index (χ2v) is 8.18. The van der Waals surface area contributed by atoms with Gasteiger partial charge in [0.2, 0.25) is 0 Å². The van der Waals surface area contributed by atoms with Crippen LogP contribution in [0.5, 0.6) is 0 Å². The summed E-state index contributed by atoms with van der Waals surface area (Å²) in [5.74, 6) is -0.900. The van der Waals surface area contributed by atoms with Crippen molar-refractivity contribution in [1.29, 1.82) is 0 Å². The smallest absolute Gasteiger partial charge is 0.417 e. The van der Waals surface area contributed by atoms with E-state index in [0.29, 0.717) is 25.0 Å². The first kappa shape index (κ1) is 24.4. The lowest BCUT2D eigenvalue weighted by Crippen LogP contribution is -2.49. The molecule has 3 aromatic rings.